The number of aryl methyl sites for hydroxylation is 1. The third-order valence-electron chi connectivity index (χ3n) is 7.04. The fraction of sp³-hybridized carbons (Fsp3) is 0.286. The second kappa shape index (κ2) is 10.5. The van der Waals surface area contributed by atoms with Crippen molar-refractivity contribution in [2.45, 2.75) is 37.3 Å². The molecular weight excluding hydrogens is 540 g/mol. The van der Waals surface area contributed by atoms with Gasteiger partial charge in [-0.15, -0.1) is 0 Å². The number of hydrogen-bond acceptors (Lipinski definition) is 8. The summed E-state index contributed by atoms with van der Waals surface area (Å²) in [5, 5.41) is 3.60. The molecule has 5 heterocycles. The van der Waals surface area contributed by atoms with Crippen molar-refractivity contribution in [3.8, 4) is 0 Å². The molecule has 0 saturated heterocycles. The minimum absolute atomic E-state index is 0.0913. The fourth-order valence-corrected chi connectivity index (χ4v) is 6.35. The van der Waals surface area contributed by atoms with Crippen molar-refractivity contribution < 1.29 is 26.7 Å². The number of amides is 1. The number of alkyl halides is 2. The molecule has 4 aromatic rings. The SMILES string of the molecule is O=C(NCc1cc2nc(N3CCCc4cc(C(F)F)cnc43)ccc2cn1)c1ccc2c(c1)S(=O)(=O)CCOC2. The van der Waals surface area contributed by atoms with Gasteiger partial charge in [0.1, 0.15) is 11.6 Å². The summed E-state index contributed by atoms with van der Waals surface area (Å²) in [4.78, 5) is 28.4. The Balaban J connectivity index is 1.21. The minimum Gasteiger partial charge on any atom is -0.376 e. The highest BCUT2D eigenvalue weighted by molar-refractivity contribution is 7.91. The third kappa shape index (κ3) is 5.11. The lowest BCUT2D eigenvalue weighted by Gasteiger charge is -2.29. The third-order valence-corrected chi connectivity index (χ3v) is 8.79. The normalized spacial score (nSPS) is 16.3. The summed E-state index contributed by atoms with van der Waals surface area (Å²) in [6, 6.07) is 11.6. The number of carbonyl (C=O) groups excluding carboxylic acids is 1. The van der Waals surface area contributed by atoms with E-state index in [2.05, 4.69) is 15.3 Å². The molecule has 0 unspecified atom stereocenters. The molecule has 0 radical (unpaired) electrons. The summed E-state index contributed by atoms with van der Waals surface area (Å²) in [6.07, 6.45) is 1.76. The number of carbonyl (C=O) groups is 1. The van der Waals surface area contributed by atoms with Crippen molar-refractivity contribution in [2.75, 3.05) is 23.8 Å². The highest BCUT2D eigenvalue weighted by Gasteiger charge is 2.25. The quantitative estimate of drug-likeness (QED) is 0.382. The standard InChI is InChI=1S/C28H25F2N5O4S/c29-26(30)21-10-17-2-1-7-35(27(17)32-14-21)25-6-5-19-13-31-22(12-23(19)34-25)15-33-28(36)18-3-4-20-16-39-8-9-40(37,38)24(20)11-18/h3-6,10-14,26H,1-2,7-9,15-16H2,(H,33,36). The zero-order valence-corrected chi connectivity index (χ0v) is 22.1. The van der Waals surface area contributed by atoms with Crippen molar-refractivity contribution in [2.24, 2.45) is 0 Å². The van der Waals surface area contributed by atoms with E-state index in [1.165, 1.54) is 18.3 Å². The fourth-order valence-electron chi connectivity index (χ4n) is 4.96. The van der Waals surface area contributed by atoms with E-state index in [4.69, 9.17) is 9.72 Å². The first-order valence-electron chi connectivity index (χ1n) is 12.8. The second-order valence-corrected chi connectivity index (χ2v) is 11.8. The molecule has 0 saturated carbocycles. The molecule has 1 N–H and O–H groups in total. The van der Waals surface area contributed by atoms with Gasteiger partial charge in [0.25, 0.3) is 12.3 Å². The predicted octanol–water partition coefficient (Wildman–Crippen LogP) is 4.28. The van der Waals surface area contributed by atoms with Crippen molar-refractivity contribution in [1.82, 2.24) is 20.3 Å². The zero-order valence-electron chi connectivity index (χ0n) is 21.3. The van der Waals surface area contributed by atoms with E-state index in [9.17, 15) is 22.0 Å². The molecule has 2 aliphatic rings. The van der Waals surface area contributed by atoms with Crippen molar-refractivity contribution in [1.29, 1.82) is 0 Å². The predicted molar refractivity (Wildman–Crippen MR) is 143 cm³/mol. The van der Waals surface area contributed by atoms with Crippen LogP contribution < -0.4 is 10.2 Å². The van der Waals surface area contributed by atoms with Gasteiger partial charge in [0, 0.05) is 35.5 Å². The first kappa shape index (κ1) is 26.2. The number of aromatic nitrogens is 3. The van der Waals surface area contributed by atoms with Gasteiger partial charge in [0.15, 0.2) is 9.84 Å². The molecule has 6 rings (SSSR count). The minimum atomic E-state index is -3.53. The second-order valence-electron chi connectivity index (χ2n) is 9.72. The lowest BCUT2D eigenvalue weighted by Crippen LogP contribution is -2.26. The number of sulfone groups is 1. The number of nitrogens with zero attached hydrogens (tertiary/aromatic N) is 4. The molecule has 206 valence electrons. The van der Waals surface area contributed by atoms with Gasteiger partial charge in [-0.25, -0.2) is 27.2 Å². The molecule has 0 aliphatic carbocycles. The average molecular weight is 566 g/mol. The van der Waals surface area contributed by atoms with E-state index < -0.39 is 22.2 Å². The average Bonchev–Trinajstić information content (AvgIpc) is 3.11. The Morgan fingerprint density at radius 2 is 1.95 bits per heavy atom. The van der Waals surface area contributed by atoms with Gasteiger partial charge in [-0.3, -0.25) is 9.78 Å². The van der Waals surface area contributed by atoms with Crippen LogP contribution in [0.4, 0.5) is 20.4 Å². The first-order valence-corrected chi connectivity index (χ1v) is 14.5. The molecular formula is C28H25F2N5O4S. The van der Waals surface area contributed by atoms with Crippen LogP contribution in [0, 0.1) is 0 Å². The van der Waals surface area contributed by atoms with Crippen LogP contribution in [0.25, 0.3) is 10.9 Å². The maximum absolute atomic E-state index is 13.2. The van der Waals surface area contributed by atoms with Gasteiger partial charge in [-0.1, -0.05) is 6.07 Å². The highest BCUT2D eigenvalue weighted by atomic mass is 32.2. The van der Waals surface area contributed by atoms with Crippen LogP contribution in [0.3, 0.4) is 0 Å². The summed E-state index contributed by atoms with van der Waals surface area (Å²) in [6.45, 7) is 1.06. The molecule has 40 heavy (non-hydrogen) atoms. The highest BCUT2D eigenvalue weighted by Crippen LogP contribution is 2.33. The monoisotopic (exact) mass is 565 g/mol. The van der Waals surface area contributed by atoms with Gasteiger partial charge in [0.2, 0.25) is 0 Å². The summed E-state index contributed by atoms with van der Waals surface area (Å²) >= 11 is 0. The van der Waals surface area contributed by atoms with Crippen LogP contribution in [0.15, 0.2) is 59.8 Å². The van der Waals surface area contributed by atoms with E-state index in [0.717, 1.165) is 17.4 Å². The number of anilines is 2. The number of ether oxygens (including phenoxy) is 1. The van der Waals surface area contributed by atoms with E-state index in [1.807, 2.05) is 17.0 Å². The molecule has 2 aliphatic heterocycles. The summed E-state index contributed by atoms with van der Waals surface area (Å²) < 4.78 is 56.8. The van der Waals surface area contributed by atoms with E-state index in [0.29, 0.717) is 41.4 Å². The molecule has 0 bridgehead atoms. The maximum atomic E-state index is 13.2. The maximum Gasteiger partial charge on any atom is 0.265 e. The van der Waals surface area contributed by atoms with E-state index >= 15 is 0 Å². The Morgan fingerprint density at radius 3 is 2.80 bits per heavy atom. The van der Waals surface area contributed by atoms with Gasteiger partial charge in [0.05, 0.1) is 41.6 Å². The van der Waals surface area contributed by atoms with Gasteiger partial charge in [-0.2, -0.15) is 0 Å². The summed E-state index contributed by atoms with van der Waals surface area (Å²) in [7, 11) is -3.53. The molecule has 0 spiro atoms. The van der Waals surface area contributed by atoms with Gasteiger partial charge in [-0.05, 0) is 60.4 Å². The lowest BCUT2D eigenvalue weighted by molar-refractivity contribution is 0.0950. The molecule has 0 fully saturated rings. The van der Waals surface area contributed by atoms with Crippen molar-refractivity contribution in [3.63, 3.8) is 0 Å². The van der Waals surface area contributed by atoms with E-state index in [-0.39, 0.29) is 41.5 Å². The molecule has 1 amide bonds. The summed E-state index contributed by atoms with van der Waals surface area (Å²) in [5.74, 6) is 0.711. The molecule has 12 heteroatoms. The van der Waals surface area contributed by atoms with E-state index in [1.54, 1.807) is 24.4 Å². The number of halogens is 2. The van der Waals surface area contributed by atoms with Crippen LogP contribution in [-0.4, -0.2) is 48.2 Å². The Labute approximate surface area is 229 Å². The number of fused-ring (bicyclic) bond motifs is 3. The number of nitrogens with one attached hydrogen (secondary N) is 1. The molecule has 3 aromatic heterocycles. The largest absolute Gasteiger partial charge is 0.376 e. The van der Waals surface area contributed by atoms with Crippen LogP contribution in [-0.2, 0) is 34.1 Å². The number of pyridine rings is 3. The molecule has 1 aromatic carbocycles. The topological polar surface area (TPSA) is 114 Å². The Kier molecular flexibility index (Phi) is 6.88. The Bertz CT molecular complexity index is 1730. The molecule has 0 atom stereocenters. The van der Waals surface area contributed by atoms with Crippen LogP contribution in [0.1, 0.15) is 45.6 Å². The summed E-state index contributed by atoms with van der Waals surface area (Å²) in [5.41, 5.74) is 2.67. The van der Waals surface area contributed by atoms with Crippen LogP contribution in [0.5, 0.6) is 0 Å². The first-order chi connectivity index (χ1) is 19.3. The molecule has 9 nitrogen and oxygen atoms in total. The van der Waals surface area contributed by atoms with Gasteiger partial charge >= 0.3 is 0 Å². The zero-order chi connectivity index (χ0) is 27.9. The number of hydrogen-bond donors (Lipinski definition) is 1. The van der Waals surface area contributed by atoms with Crippen LogP contribution >= 0.6 is 0 Å². The van der Waals surface area contributed by atoms with Crippen molar-refractivity contribution in [3.05, 3.63) is 82.8 Å². The van der Waals surface area contributed by atoms with Crippen molar-refractivity contribution >= 4 is 38.3 Å². The number of rotatable bonds is 5. The van der Waals surface area contributed by atoms with Gasteiger partial charge < -0.3 is 15.0 Å². The lowest BCUT2D eigenvalue weighted by atomic mass is 10.0. The Morgan fingerprint density at radius 1 is 1.07 bits per heavy atom. The Hall–Kier alpha value is -4.03. The number of benzene rings is 1. The van der Waals surface area contributed by atoms with Crippen LogP contribution in [0.2, 0.25) is 0 Å². The smallest absolute Gasteiger partial charge is 0.265 e.